The third kappa shape index (κ3) is 4.03. The highest BCUT2D eigenvalue weighted by molar-refractivity contribution is 6.42. The van der Waals surface area contributed by atoms with Crippen LogP contribution in [0.3, 0.4) is 0 Å². The van der Waals surface area contributed by atoms with Crippen molar-refractivity contribution in [1.29, 1.82) is 0 Å². The number of amides is 1. The van der Waals surface area contributed by atoms with Crippen molar-refractivity contribution in [2.24, 2.45) is 11.7 Å². The Bertz CT molecular complexity index is 811. The van der Waals surface area contributed by atoms with Crippen LogP contribution in [-0.2, 0) is 4.79 Å². The van der Waals surface area contributed by atoms with E-state index in [9.17, 15) is 4.79 Å². The molecule has 4 atom stereocenters. The van der Waals surface area contributed by atoms with Gasteiger partial charge in [-0.3, -0.25) is 9.78 Å². The molecule has 4 nitrogen and oxygen atoms in total. The van der Waals surface area contributed by atoms with Gasteiger partial charge in [-0.2, -0.15) is 0 Å². The van der Waals surface area contributed by atoms with Gasteiger partial charge in [0.15, 0.2) is 0 Å². The molecular weight excluding hydrogens is 369 g/mol. The van der Waals surface area contributed by atoms with Crippen LogP contribution < -0.4 is 11.1 Å². The number of halogens is 2. The Morgan fingerprint density at radius 2 is 1.92 bits per heavy atom. The third-order valence-corrected chi connectivity index (χ3v) is 6.04. The molecule has 1 unspecified atom stereocenters. The van der Waals surface area contributed by atoms with Crippen molar-refractivity contribution in [2.75, 3.05) is 5.32 Å². The van der Waals surface area contributed by atoms with Crippen LogP contribution in [-0.4, -0.2) is 16.9 Å². The molecule has 0 spiro atoms. The molecule has 1 amide bonds. The standard InChI is InChI=1S/C20H23Cl2N3O/c1-11-7-13(20(26)25-14-3-4-17(21)18(22)9-14)8-19(23)12(2)16-10-24-6-5-15(11)16/h3-6,9-13,19H,7-8,23H2,1-2H3,(H,25,26)/t11-,12+,13?,19+/m1/s1. The van der Waals surface area contributed by atoms with Crippen molar-refractivity contribution in [1.82, 2.24) is 4.98 Å². The first-order chi connectivity index (χ1) is 12.4. The number of carbonyl (C=O) groups excluding carboxylic acids is 1. The second-order valence-electron chi connectivity index (χ2n) is 7.14. The highest BCUT2D eigenvalue weighted by atomic mass is 35.5. The first-order valence-electron chi connectivity index (χ1n) is 8.82. The third-order valence-electron chi connectivity index (χ3n) is 5.30. The van der Waals surface area contributed by atoms with Crippen molar-refractivity contribution in [3.63, 3.8) is 0 Å². The van der Waals surface area contributed by atoms with Crippen LogP contribution in [0.5, 0.6) is 0 Å². The second kappa shape index (κ2) is 7.95. The summed E-state index contributed by atoms with van der Waals surface area (Å²) in [7, 11) is 0. The molecule has 2 aromatic rings. The number of pyridine rings is 1. The molecule has 0 saturated heterocycles. The van der Waals surface area contributed by atoms with E-state index in [4.69, 9.17) is 28.9 Å². The molecule has 1 aromatic carbocycles. The first kappa shape index (κ1) is 19.2. The van der Waals surface area contributed by atoms with E-state index in [2.05, 4.69) is 24.1 Å². The lowest BCUT2D eigenvalue weighted by Crippen LogP contribution is -2.36. The number of anilines is 1. The summed E-state index contributed by atoms with van der Waals surface area (Å²) in [6.45, 7) is 4.26. The van der Waals surface area contributed by atoms with Crippen molar-refractivity contribution >= 4 is 34.8 Å². The molecule has 6 heteroatoms. The van der Waals surface area contributed by atoms with Crippen LogP contribution in [0.25, 0.3) is 0 Å². The van der Waals surface area contributed by atoms with Crippen LogP contribution >= 0.6 is 23.2 Å². The molecule has 1 heterocycles. The highest BCUT2D eigenvalue weighted by Crippen LogP contribution is 2.37. The van der Waals surface area contributed by atoms with Gasteiger partial charge in [-0.1, -0.05) is 37.0 Å². The van der Waals surface area contributed by atoms with E-state index in [1.807, 2.05) is 12.3 Å². The largest absolute Gasteiger partial charge is 0.327 e. The number of nitrogens with zero attached hydrogens (tertiary/aromatic N) is 1. The van der Waals surface area contributed by atoms with Gasteiger partial charge in [0.2, 0.25) is 5.91 Å². The maximum Gasteiger partial charge on any atom is 0.227 e. The lowest BCUT2D eigenvalue weighted by atomic mass is 9.76. The summed E-state index contributed by atoms with van der Waals surface area (Å²) < 4.78 is 0. The molecule has 3 rings (SSSR count). The zero-order chi connectivity index (χ0) is 18.8. The maximum absolute atomic E-state index is 12.9. The summed E-state index contributed by atoms with van der Waals surface area (Å²) in [5.41, 5.74) is 9.49. The number of fused-ring (bicyclic) bond motifs is 1. The molecular formula is C20H23Cl2N3O. The van der Waals surface area contributed by atoms with Crippen LogP contribution in [0.2, 0.25) is 10.0 Å². The van der Waals surface area contributed by atoms with Gasteiger partial charge >= 0.3 is 0 Å². The number of hydrogen-bond donors (Lipinski definition) is 2. The van der Waals surface area contributed by atoms with Crippen molar-refractivity contribution in [2.45, 2.75) is 44.6 Å². The van der Waals surface area contributed by atoms with Crippen molar-refractivity contribution in [3.8, 4) is 0 Å². The fourth-order valence-corrected chi connectivity index (χ4v) is 3.99. The minimum absolute atomic E-state index is 0.0320. The molecule has 1 aliphatic rings. The monoisotopic (exact) mass is 391 g/mol. The van der Waals surface area contributed by atoms with Gasteiger partial charge < -0.3 is 11.1 Å². The van der Waals surface area contributed by atoms with Gasteiger partial charge in [0.05, 0.1) is 10.0 Å². The molecule has 1 aliphatic carbocycles. The quantitative estimate of drug-likeness (QED) is 0.758. The molecule has 3 N–H and O–H groups in total. The van der Waals surface area contributed by atoms with E-state index in [1.165, 1.54) is 11.1 Å². The van der Waals surface area contributed by atoms with Crippen molar-refractivity contribution in [3.05, 3.63) is 57.8 Å². The van der Waals surface area contributed by atoms with Gasteiger partial charge in [0.1, 0.15) is 0 Å². The Hall–Kier alpha value is -1.62. The summed E-state index contributed by atoms with van der Waals surface area (Å²) in [6.07, 6.45) is 5.09. The van der Waals surface area contributed by atoms with Crippen LogP contribution in [0.1, 0.15) is 49.7 Å². The number of benzene rings is 1. The van der Waals surface area contributed by atoms with E-state index in [1.54, 1.807) is 24.4 Å². The molecule has 138 valence electrons. The fraction of sp³-hybridized carbons (Fsp3) is 0.400. The molecule has 1 aromatic heterocycles. The zero-order valence-electron chi connectivity index (χ0n) is 14.9. The first-order valence-corrected chi connectivity index (χ1v) is 9.57. The predicted octanol–water partition coefficient (Wildman–Crippen LogP) is 4.97. The fourth-order valence-electron chi connectivity index (χ4n) is 3.69. The Labute approximate surface area is 164 Å². The molecule has 0 bridgehead atoms. The van der Waals surface area contributed by atoms with E-state index >= 15 is 0 Å². The highest BCUT2D eigenvalue weighted by Gasteiger charge is 2.31. The van der Waals surface area contributed by atoms with Gasteiger partial charge in [0.25, 0.3) is 0 Å². The molecule has 0 saturated carbocycles. The number of nitrogens with two attached hydrogens (primary N) is 1. The van der Waals surface area contributed by atoms with Crippen LogP contribution in [0, 0.1) is 5.92 Å². The Balaban J connectivity index is 1.82. The summed E-state index contributed by atoms with van der Waals surface area (Å²) in [5, 5.41) is 3.84. The van der Waals surface area contributed by atoms with Crippen LogP contribution in [0.15, 0.2) is 36.7 Å². The lowest BCUT2D eigenvalue weighted by Gasteiger charge is -2.32. The van der Waals surface area contributed by atoms with E-state index < -0.39 is 0 Å². The number of aromatic nitrogens is 1. The smallest absolute Gasteiger partial charge is 0.227 e. The SMILES string of the molecule is C[C@@H]1CC(C(=O)Nc2ccc(Cl)c(Cl)c2)C[C@H](N)[C@@H](C)c2cnccc21. The number of nitrogens with one attached hydrogen (secondary N) is 1. The minimum atomic E-state index is -0.168. The number of hydrogen-bond acceptors (Lipinski definition) is 3. The zero-order valence-corrected chi connectivity index (χ0v) is 16.4. The van der Waals surface area contributed by atoms with E-state index in [0.29, 0.717) is 22.2 Å². The molecule has 0 aliphatic heterocycles. The topological polar surface area (TPSA) is 68.0 Å². The number of carbonyl (C=O) groups is 1. The summed E-state index contributed by atoms with van der Waals surface area (Å²) in [6, 6.07) is 7.04. The normalized spacial score (nSPS) is 25.7. The second-order valence-corrected chi connectivity index (χ2v) is 7.96. The average Bonchev–Trinajstić information content (AvgIpc) is 2.62. The van der Waals surface area contributed by atoms with Gasteiger partial charge in [-0.15, -0.1) is 0 Å². The number of rotatable bonds is 2. The Morgan fingerprint density at radius 3 is 2.65 bits per heavy atom. The Morgan fingerprint density at radius 1 is 1.15 bits per heavy atom. The molecule has 0 radical (unpaired) electrons. The molecule has 0 fully saturated rings. The van der Waals surface area contributed by atoms with E-state index in [0.717, 1.165) is 6.42 Å². The molecule has 26 heavy (non-hydrogen) atoms. The van der Waals surface area contributed by atoms with Gasteiger partial charge in [-0.25, -0.2) is 0 Å². The average molecular weight is 392 g/mol. The van der Waals surface area contributed by atoms with Gasteiger partial charge in [0, 0.05) is 30.0 Å². The van der Waals surface area contributed by atoms with Crippen LogP contribution in [0.4, 0.5) is 5.69 Å². The minimum Gasteiger partial charge on any atom is -0.327 e. The summed E-state index contributed by atoms with van der Waals surface area (Å²) in [5.74, 6) is 0.211. The predicted molar refractivity (Wildman–Crippen MR) is 107 cm³/mol. The van der Waals surface area contributed by atoms with Crippen molar-refractivity contribution < 1.29 is 4.79 Å². The lowest BCUT2D eigenvalue weighted by molar-refractivity contribution is -0.120. The summed E-state index contributed by atoms with van der Waals surface area (Å²) >= 11 is 12.0. The maximum atomic E-state index is 12.9. The Kier molecular flexibility index (Phi) is 5.86. The van der Waals surface area contributed by atoms with Gasteiger partial charge in [-0.05, 0) is 60.1 Å². The summed E-state index contributed by atoms with van der Waals surface area (Å²) in [4.78, 5) is 17.1. The van der Waals surface area contributed by atoms with E-state index in [-0.39, 0.29) is 29.7 Å².